The first-order valence-corrected chi connectivity index (χ1v) is 8.53. The lowest BCUT2D eigenvalue weighted by Gasteiger charge is -2.33. The summed E-state index contributed by atoms with van der Waals surface area (Å²) in [6.07, 6.45) is 2.53. The SMILES string of the molecule is Cc1ccc(OC2CCN(C(=O)C[C@H]3COCCN3)CC2)cc1. The lowest BCUT2D eigenvalue weighted by atomic mass is 10.1. The maximum absolute atomic E-state index is 12.4. The van der Waals surface area contributed by atoms with Crippen LogP contribution in [0.15, 0.2) is 24.3 Å². The Kier molecular flexibility index (Phi) is 5.51. The van der Waals surface area contributed by atoms with Gasteiger partial charge in [0, 0.05) is 44.9 Å². The van der Waals surface area contributed by atoms with Crippen LogP contribution in [0.2, 0.25) is 0 Å². The fourth-order valence-electron chi connectivity index (χ4n) is 3.12. The molecule has 1 atom stereocenters. The zero-order chi connectivity index (χ0) is 16.1. The van der Waals surface area contributed by atoms with E-state index in [4.69, 9.17) is 9.47 Å². The molecular weight excluding hydrogens is 292 g/mol. The fourth-order valence-corrected chi connectivity index (χ4v) is 3.12. The van der Waals surface area contributed by atoms with Crippen LogP contribution < -0.4 is 10.1 Å². The molecule has 2 aliphatic rings. The standard InChI is InChI=1S/C18H26N2O3/c1-14-2-4-16(5-3-14)23-17-6-9-20(10-7-17)18(21)12-15-13-22-11-8-19-15/h2-5,15,17,19H,6-13H2,1H3/t15-/m0/s1. The first-order valence-electron chi connectivity index (χ1n) is 8.53. The van der Waals surface area contributed by atoms with Crippen molar-refractivity contribution in [2.45, 2.75) is 38.3 Å². The predicted molar refractivity (Wildman–Crippen MR) is 88.6 cm³/mol. The van der Waals surface area contributed by atoms with E-state index < -0.39 is 0 Å². The Labute approximate surface area is 137 Å². The summed E-state index contributed by atoms with van der Waals surface area (Å²) in [5, 5.41) is 3.34. The number of nitrogens with one attached hydrogen (secondary N) is 1. The van der Waals surface area contributed by atoms with Crippen molar-refractivity contribution in [3.8, 4) is 5.75 Å². The molecule has 0 bridgehead atoms. The number of amides is 1. The molecule has 1 aromatic rings. The number of hydrogen-bond donors (Lipinski definition) is 1. The van der Waals surface area contributed by atoms with Gasteiger partial charge in [0.15, 0.2) is 0 Å². The number of morpholine rings is 1. The zero-order valence-corrected chi connectivity index (χ0v) is 13.8. The predicted octanol–water partition coefficient (Wildman–Crippen LogP) is 1.74. The lowest BCUT2D eigenvalue weighted by Crippen LogP contribution is -2.47. The average Bonchev–Trinajstić information content (AvgIpc) is 2.58. The molecule has 2 fully saturated rings. The minimum atomic E-state index is 0.165. The molecule has 0 spiro atoms. The summed E-state index contributed by atoms with van der Waals surface area (Å²) in [5.74, 6) is 1.14. The topological polar surface area (TPSA) is 50.8 Å². The van der Waals surface area contributed by atoms with Gasteiger partial charge in [0.25, 0.3) is 0 Å². The second-order valence-electron chi connectivity index (χ2n) is 6.44. The van der Waals surface area contributed by atoms with E-state index in [9.17, 15) is 4.79 Å². The molecule has 0 unspecified atom stereocenters. The number of nitrogens with zero attached hydrogens (tertiary/aromatic N) is 1. The summed E-state index contributed by atoms with van der Waals surface area (Å²) < 4.78 is 11.4. The Morgan fingerprint density at radius 3 is 2.70 bits per heavy atom. The summed E-state index contributed by atoms with van der Waals surface area (Å²) in [5.41, 5.74) is 1.23. The molecule has 1 amide bonds. The van der Waals surface area contributed by atoms with Gasteiger partial charge < -0.3 is 19.7 Å². The fraction of sp³-hybridized carbons (Fsp3) is 0.611. The third kappa shape index (κ3) is 4.69. The van der Waals surface area contributed by atoms with Crippen LogP contribution in [-0.2, 0) is 9.53 Å². The number of ether oxygens (including phenoxy) is 2. The van der Waals surface area contributed by atoms with Crippen molar-refractivity contribution >= 4 is 5.91 Å². The zero-order valence-electron chi connectivity index (χ0n) is 13.8. The Morgan fingerprint density at radius 2 is 2.04 bits per heavy atom. The Balaban J connectivity index is 1.42. The van der Waals surface area contributed by atoms with Gasteiger partial charge in [0.2, 0.25) is 5.91 Å². The highest BCUT2D eigenvalue weighted by atomic mass is 16.5. The smallest absolute Gasteiger partial charge is 0.224 e. The van der Waals surface area contributed by atoms with Crippen LogP contribution >= 0.6 is 0 Å². The maximum Gasteiger partial charge on any atom is 0.224 e. The van der Waals surface area contributed by atoms with E-state index in [1.54, 1.807) is 0 Å². The van der Waals surface area contributed by atoms with Crippen LogP contribution in [0.4, 0.5) is 0 Å². The molecule has 5 nitrogen and oxygen atoms in total. The van der Waals surface area contributed by atoms with Crippen LogP contribution in [0.1, 0.15) is 24.8 Å². The van der Waals surface area contributed by atoms with Crippen molar-refractivity contribution < 1.29 is 14.3 Å². The monoisotopic (exact) mass is 318 g/mol. The van der Waals surface area contributed by atoms with Crippen LogP contribution in [0.3, 0.4) is 0 Å². The molecule has 5 heteroatoms. The average molecular weight is 318 g/mol. The lowest BCUT2D eigenvalue weighted by molar-refractivity contribution is -0.134. The van der Waals surface area contributed by atoms with Crippen molar-refractivity contribution in [2.24, 2.45) is 0 Å². The summed E-state index contributed by atoms with van der Waals surface area (Å²) in [4.78, 5) is 14.3. The quantitative estimate of drug-likeness (QED) is 0.919. The molecule has 0 aliphatic carbocycles. The molecule has 3 rings (SSSR count). The molecule has 0 saturated carbocycles. The molecule has 2 saturated heterocycles. The molecule has 1 aromatic carbocycles. The van der Waals surface area contributed by atoms with Crippen LogP contribution in [0, 0.1) is 6.92 Å². The number of benzene rings is 1. The van der Waals surface area contributed by atoms with Gasteiger partial charge in [-0.05, 0) is 19.1 Å². The highest BCUT2D eigenvalue weighted by Gasteiger charge is 2.26. The molecule has 1 N–H and O–H groups in total. The van der Waals surface area contributed by atoms with Crippen molar-refractivity contribution in [3.05, 3.63) is 29.8 Å². The van der Waals surface area contributed by atoms with E-state index in [-0.39, 0.29) is 18.1 Å². The Bertz CT molecular complexity index is 504. The molecular formula is C18H26N2O3. The minimum absolute atomic E-state index is 0.165. The summed E-state index contributed by atoms with van der Waals surface area (Å²) in [6.45, 7) is 5.85. The Morgan fingerprint density at radius 1 is 1.30 bits per heavy atom. The second kappa shape index (κ2) is 7.79. The second-order valence-corrected chi connectivity index (χ2v) is 6.44. The number of hydrogen-bond acceptors (Lipinski definition) is 4. The van der Waals surface area contributed by atoms with Gasteiger partial charge in [-0.3, -0.25) is 4.79 Å². The van der Waals surface area contributed by atoms with Crippen molar-refractivity contribution in [3.63, 3.8) is 0 Å². The largest absolute Gasteiger partial charge is 0.490 e. The summed E-state index contributed by atoms with van der Waals surface area (Å²) >= 11 is 0. The van der Waals surface area contributed by atoms with Gasteiger partial charge in [-0.15, -0.1) is 0 Å². The highest BCUT2D eigenvalue weighted by molar-refractivity contribution is 5.77. The van der Waals surface area contributed by atoms with Gasteiger partial charge in [-0.25, -0.2) is 0 Å². The molecule has 0 radical (unpaired) electrons. The van der Waals surface area contributed by atoms with Crippen molar-refractivity contribution in [1.29, 1.82) is 0 Å². The molecule has 126 valence electrons. The van der Waals surface area contributed by atoms with E-state index in [0.29, 0.717) is 13.0 Å². The minimum Gasteiger partial charge on any atom is -0.490 e. The van der Waals surface area contributed by atoms with Gasteiger partial charge >= 0.3 is 0 Å². The Hall–Kier alpha value is -1.59. The van der Waals surface area contributed by atoms with Gasteiger partial charge in [0.05, 0.1) is 13.2 Å². The van der Waals surface area contributed by atoms with Gasteiger partial charge in [-0.1, -0.05) is 17.7 Å². The first-order chi connectivity index (χ1) is 11.2. The normalized spacial score (nSPS) is 22.8. The first kappa shape index (κ1) is 16.3. The van der Waals surface area contributed by atoms with E-state index >= 15 is 0 Å². The number of piperidine rings is 1. The molecule has 2 aliphatic heterocycles. The van der Waals surface area contributed by atoms with Gasteiger partial charge in [-0.2, -0.15) is 0 Å². The highest BCUT2D eigenvalue weighted by Crippen LogP contribution is 2.20. The molecule has 2 heterocycles. The number of aryl methyl sites for hydroxylation is 1. The van der Waals surface area contributed by atoms with Crippen molar-refractivity contribution in [2.75, 3.05) is 32.8 Å². The molecule has 23 heavy (non-hydrogen) atoms. The van der Waals surface area contributed by atoms with Gasteiger partial charge in [0.1, 0.15) is 11.9 Å². The summed E-state index contributed by atoms with van der Waals surface area (Å²) in [7, 11) is 0. The number of rotatable bonds is 4. The van der Waals surface area contributed by atoms with Crippen LogP contribution in [0.5, 0.6) is 5.75 Å². The van der Waals surface area contributed by atoms with Crippen LogP contribution in [0.25, 0.3) is 0 Å². The van der Waals surface area contributed by atoms with E-state index in [0.717, 1.165) is 44.8 Å². The van der Waals surface area contributed by atoms with E-state index in [2.05, 4.69) is 24.4 Å². The van der Waals surface area contributed by atoms with E-state index in [1.165, 1.54) is 5.56 Å². The molecule has 0 aromatic heterocycles. The maximum atomic E-state index is 12.4. The number of carbonyl (C=O) groups excluding carboxylic acids is 1. The third-order valence-corrected chi connectivity index (χ3v) is 4.54. The van der Waals surface area contributed by atoms with Crippen LogP contribution in [-0.4, -0.2) is 55.8 Å². The third-order valence-electron chi connectivity index (χ3n) is 4.54. The number of likely N-dealkylation sites (tertiary alicyclic amines) is 1. The summed E-state index contributed by atoms with van der Waals surface area (Å²) in [6, 6.07) is 8.32. The van der Waals surface area contributed by atoms with E-state index in [1.807, 2.05) is 17.0 Å². The number of carbonyl (C=O) groups is 1. The van der Waals surface area contributed by atoms with Crippen molar-refractivity contribution in [1.82, 2.24) is 10.2 Å².